The number of carbonyl (C=O) groups excluding carboxylic acids is 1. The maximum Gasteiger partial charge on any atom is 0.225 e. The van der Waals surface area contributed by atoms with Gasteiger partial charge in [0.2, 0.25) is 5.91 Å². The molecule has 0 aliphatic carbocycles. The van der Waals surface area contributed by atoms with Crippen LogP contribution in [0.4, 0.5) is 0 Å². The number of amides is 1. The van der Waals surface area contributed by atoms with E-state index in [1.165, 1.54) is 0 Å². The molecule has 17 heavy (non-hydrogen) atoms. The number of aliphatic hydroxyl groups excluding tert-OH is 1. The molecule has 0 radical (unpaired) electrons. The zero-order chi connectivity index (χ0) is 13.1. The van der Waals surface area contributed by atoms with Gasteiger partial charge in [-0.2, -0.15) is 0 Å². The Kier molecular flexibility index (Phi) is 4.95. The van der Waals surface area contributed by atoms with E-state index in [0.717, 1.165) is 12.8 Å². The van der Waals surface area contributed by atoms with Crippen molar-refractivity contribution in [3.05, 3.63) is 0 Å². The van der Waals surface area contributed by atoms with E-state index in [9.17, 15) is 9.90 Å². The Bertz CT molecular complexity index is 261. The van der Waals surface area contributed by atoms with Crippen LogP contribution in [-0.4, -0.2) is 47.3 Å². The number of aliphatic hydroxyl groups is 1. The number of morpholine rings is 1. The summed E-state index contributed by atoms with van der Waals surface area (Å²) in [5.41, 5.74) is -0.368. The number of ether oxygens (including phenoxy) is 1. The van der Waals surface area contributed by atoms with E-state index in [2.05, 4.69) is 0 Å². The SMILES string of the molecule is CCC(CC)C(=O)N1CC(CO)OC(C)(C)C1. The van der Waals surface area contributed by atoms with Gasteiger partial charge in [0.15, 0.2) is 0 Å². The molecule has 0 spiro atoms. The van der Waals surface area contributed by atoms with Crippen molar-refractivity contribution in [1.29, 1.82) is 0 Å². The molecule has 0 aromatic heterocycles. The average molecular weight is 243 g/mol. The van der Waals surface area contributed by atoms with Crippen LogP contribution in [0, 0.1) is 5.92 Å². The van der Waals surface area contributed by atoms with E-state index in [4.69, 9.17) is 4.74 Å². The topological polar surface area (TPSA) is 49.8 Å². The molecule has 0 aromatic carbocycles. The molecule has 1 fully saturated rings. The molecule has 1 unspecified atom stereocenters. The lowest BCUT2D eigenvalue weighted by Crippen LogP contribution is -2.56. The highest BCUT2D eigenvalue weighted by Gasteiger charge is 2.36. The molecule has 1 amide bonds. The highest BCUT2D eigenvalue weighted by molar-refractivity contribution is 5.79. The standard InChI is InChI=1S/C13H25NO3/c1-5-10(6-2)12(16)14-7-11(8-15)17-13(3,4)9-14/h10-11,15H,5-9H2,1-4H3. The van der Waals surface area contributed by atoms with Crippen LogP contribution in [0.5, 0.6) is 0 Å². The van der Waals surface area contributed by atoms with E-state index in [1.807, 2.05) is 32.6 Å². The van der Waals surface area contributed by atoms with E-state index >= 15 is 0 Å². The van der Waals surface area contributed by atoms with E-state index in [1.54, 1.807) is 0 Å². The van der Waals surface area contributed by atoms with Gasteiger partial charge in [-0.25, -0.2) is 0 Å². The van der Waals surface area contributed by atoms with Crippen molar-refractivity contribution in [1.82, 2.24) is 4.90 Å². The van der Waals surface area contributed by atoms with Crippen molar-refractivity contribution >= 4 is 5.91 Å². The summed E-state index contributed by atoms with van der Waals surface area (Å²) in [5, 5.41) is 9.21. The second kappa shape index (κ2) is 5.83. The van der Waals surface area contributed by atoms with Gasteiger partial charge in [-0.15, -0.1) is 0 Å². The third-order valence-corrected chi connectivity index (χ3v) is 3.33. The molecule has 0 bridgehead atoms. The van der Waals surface area contributed by atoms with Crippen molar-refractivity contribution in [3.8, 4) is 0 Å². The summed E-state index contributed by atoms with van der Waals surface area (Å²) in [6.07, 6.45) is 1.49. The minimum absolute atomic E-state index is 0.0316. The maximum atomic E-state index is 12.3. The summed E-state index contributed by atoms with van der Waals surface area (Å²) in [5.74, 6) is 0.299. The van der Waals surface area contributed by atoms with Gasteiger partial charge in [-0.05, 0) is 26.7 Å². The molecule has 4 heteroatoms. The molecule has 0 aromatic rings. The number of nitrogens with zero attached hydrogens (tertiary/aromatic N) is 1. The van der Waals surface area contributed by atoms with Crippen LogP contribution >= 0.6 is 0 Å². The Morgan fingerprint density at radius 2 is 2.06 bits per heavy atom. The van der Waals surface area contributed by atoms with Crippen LogP contribution in [0.2, 0.25) is 0 Å². The molecule has 1 rings (SSSR count). The monoisotopic (exact) mass is 243 g/mol. The lowest BCUT2D eigenvalue weighted by atomic mass is 9.98. The van der Waals surface area contributed by atoms with Gasteiger partial charge in [-0.1, -0.05) is 13.8 Å². The quantitative estimate of drug-likeness (QED) is 0.812. The fraction of sp³-hybridized carbons (Fsp3) is 0.923. The largest absolute Gasteiger partial charge is 0.394 e. The molecular formula is C13H25NO3. The van der Waals surface area contributed by atoms with Gasteiger partial charge in [-0.3, -0.25) is 4.79 Å². The van der Waals surface area contributed by atoms with Crippen LogP contribution in [0.1, 0.15) is 40.5 Å². The van der Waals surface area contributed by atoms with Crippen LogP contribution < -0.4 is 0 Å². The predicted octanol–water partition coefficient (Wildman–Crippen LogP) is 1.42. The Morgan fingerprint density at radius 1 is 1.47 bits per heavy atom. The van der Waals surface area contributed by atoms with Crippen molar-refractivity contribution in [2.75, 3.05) is 19.7 Å². The van der Waals surface area contributed by atoms with Gasteiger partial charge in [0, 0.05) is 19.0 Å². The zero-order valence-electron chi connectivity index (χ0n) is 11.4. The highest BCUT2D eigenvalue weighted by Crippen LogP contribution is 2.23. The third kappa shape index (κ3) is 3.68. The lowest BCUT2D eigenvalue weighted by molar-refractivity contribution is -0.170. The Labute approximate surface area is 104 Å². The van der Waals surface area contributed by atoms with E-state index in [0.29, 0.717) is 13.1 Å². The van der Waals surface area contributed by atoms with Crippen LogP contribution in [0.3, 0.4) is 0 Å². The third-order valence-electron chi connectivity index (χ3n) is 3.33. The van der Waals surface area contributed by atoms with Crippen LogP contribution in [-0.2, 0) is 9.53 Å². The normalized spacial score (nSPS) is 24.1. The smallest absolute Gasteiger partial charge is 0.225 e. The first-order valence-corrected chi connectivity index (χ1v) is 6.51. The first-order valence-electron chi connectivity index (χ1n) is 6.51. The molecule has 1 aliphatic rings. The van der Waals surface area contributed by atoms with Gasteiger partial charge in [0.1, 0.15) is 0 Å². The summed E-state index contributed by atoms with van der Waals surface area (Å²) in [7, 11) is 0. The van der Waals surface area contributed by atoms with Crippen molar-refractivity contribution in [3.63, 3.8) is 0 Å². The Balaban J connectivity index is 2.72. The van der Waals surface area contributed by atoms with Gasteiger partial charge in [0.25, 0.3) is 0 Å². The van der Waals surface area contributed by atoms with E-state index in [-0.39, 0.29) is 30.1 Å². The number of carbonyl (C=O) groups is 1. The molecule has 100 valence electrons. The number of hydrogen-bond donors (Lipinski definition) is 1. The fourth-order valence-corrected chi connectivity index (χ4v) is 2.45. The lowest BCUT2D eigenvalue weighted by Gasteiger charge is -2.43. The minimum Gasteiger partial charge on any atom is -0.394 e. The van der Waals surface area contributed by atoms with Crippen molar-refractivity contribution in [2.45, 2.75) is 52.2 Å². The number of rotatable bonds is 4. The fourth-order valence-electron chi connectivity index (χ4n) is 2.45. The summed E-state index contributed by atoms with van der Waals surface area (Å²) in [6.45, 7) is 9.09. The van der Waals surface area contributed by atoms with Crippen molar-refractivity contribution < 1.29 is 14.6 Å². The molecule has 1 saturated heterocycles. The molecule has 1 atom stereocenters. The predicted molar refractivity (Wildman–Crippen MR) is 66.7 cm³/mol. The first-order chi connectivity index (χ1) is 7.93. The van der Waals surface area contributed by atoms with Gasteiger partial charge in [0.05, 0.1) is 18.3 Å². The van der Waals surface area contributed by atoms with Crippen LogP contribution in [0.15, 0.2) is 0 Å². The van der Waals surface area contributed by atoms with Gasteiger partial charge < -0.3 is 14.7 Å². The molecule has 1 N–H and O–H groups in total. The van der Waals surface area contributed by atoms with Crippen LogP contribution in [0.25, 0.3) is 0 Å². The highest BCUT2D eigenvalue weighted by atomic mass is 16.5. The molecule has 4 nitrogen and oxygen atoms in total. The first kappa shape index (κ1) is 14.5. The summed E-state index contributed by atoms with van der Waals surface area (Å²) in [6, 6.07) is 0. The summed E-state index contributed by atoms with van der Waals surface area (Å²) in [4.78, 5) is 14.1. The average Bonchev–Trinajstić information content (AvgIpc) is 2.28. The van der Waals surface area contributed by atoms with E-state index < -0.39 is 0 Å². The molecule has 1 heterocycles. The second-order valence-corrected chi connectivity index (χ2v) is 5.41. The Morgan fingerprint density at radius 3 is 2.53 bits per heavy atom. The summed E-state index contributed by atoms with van der Waals surface area (Å²) >= 11 is 0. The maximum absolute atomic E-state index is 12.3. The molecule has 0 saturated carbocycles. The number of hydrogen-bond acceptors (Lipinski definition) is 3. The zero-order valence-corrected chi connectivity index (χ0v) is 11.4. The van der Waals surface area contributed by atoms with Crippen molar-refractivity contribution in [2.24, 2.45) is 5.92 Å². The molecule has 1 aliphatic heterocycles. The minimum atomic E-state index is -0.368. The molecular weight excluding hydrogens is 218 g/mol. The van der Waals surface area contributed by atoms with Gasteiger partial charge >= 0.3 is 0 Å². The summed E-state index contributed by atoms with van der Waals surface area (Å²) < 4.78 is 5.71. The second-order valence-electron chi connectivity index (χ2n) is 5.41. The Hall–Kier alpha value is -0.610.